The molecule has 1 aromatic rings. The molecular weight excluding hydrogens is 176 g/mol. The highest BCUT2D eigenvalue weighted by Gasteiger charge is 2.12. The second kappa shape index (κ2) is 4.01. The Morgan fingerprint density at radius 1 is 1.07 bits per heavy atom. The topological polar surface area (TPSA) is 40.5 Å². The Balaban J connectivity index is 3.27. The first kappa shape index (κ1) is 11.1. The van der Waals surface area contributed by atoms with Crippen molar-refractivity contribution in [3.05, 3.63) is 28.8 Å². The first-order valence-corrected chi connectivity index (χ1v) is 4.95. The van der Waals surface area contributed by atoms with E-state index in [0.29, 0.717) is 11.5 Å². The predicted octanol–water partition coefficient (Wildman–Crippen LogP) is 2.88. The molecule has 2 heteroatoms. The predicted molar refractivity (Wildman–Crippen MR) is 57.6 cm³/mol. The number of benzene rings is 1. The summed E-state index contributed by atoms with van der Waals surface area (Å²) in [7, 11) is 0. The summed E-state index contributed by atoms with van der Waals surface area (Å²) < 4.78 is 0. The first-order valence-electron chi connectivity index (χ1n) is 4.95. The van der Waals surface area contributed by atoms with Gasteiger partial charge >= 0.3 is 0 Å². The molecule has 1 atom stereocenters. The lowest BCUT2D eigenvalue weighted by atomic mass is 9.94. The van der Waals surface area contributed by atoms with Crippen LogP contribution in [-0.2, 0) is 0 Å². The van der Waals surface area contributed by atoms with Crippen molar-refractivity contribution in [2.45, 2.75) is 39.7 Å². The zero-order chi connectivity index (χ0) is 10.9. The molecule has 0 heterocycles. The van der Waals surface area contributed by atoms with Crippen LogP contribution in [0.25, 0.3) is 0 Å². The molecule has 0 spiro atoms. The number of phenols is 1. The van der Waals surface area contributed by atoms with Crippen molar-refractivity contribution in [3.8, 4) is 5.75 Å². The molecule has 0 amide bonds. The quantitative estimate of drug-likeness (QED) is 0.760. The molecule has 0 bridgehead atoms. The Labute approximate surface area is 85.2 Å². The molecule has 0 saturated carbocycles. The van der Waals surface area contributed by atoms with Gasteiger partial charge in [-0.3, -0.25) is 0 Å². The summed E-state index contributed by atoms with van der Waals surface area (Å²) in [4.78, 5) is 0. The molecule has 0 aliphatic carbocycles. The van der Waals surface area contributed by atoms with Crippen LogP contribution in [-0.4, -0.2) is 10.2 Å². The summed E-state index contributed by atoms with van der Waals surface area (Å²) in [5, 5.41) is 19.0. The van der Waals surface area contributed by atoms with Crippen LogP contribution in [0.3, 0.4) is 0 Å². The van der Waals surface area contributed by atoms with Crippen molar-refractivity contribution in [2.24, 2.45) is 0 Å². The molecule has 0 radical (unpaired) electrons. The van der Waals surface area contributed by atoms with Gasteiger partial charge in [-0.15, -0.1) is 0 Å². The Morgan fingerprint density at radius 3 is 2.07 bits per heavy atom. The smallest absolute Gasteiger partial charge is 0.121 e. The van der Waals surface area contributed by atoms with Crippen molar-refractivity contribution >= 4 is 0 Å². The van der Waals surface area contributed by atoms with Crippen molar-refractivity contribution in [1.82, 2.24) is 0 Å². The van der Waals surface area contributed by atoms with E-state index in [1.165, 1.54) is 5.56 Å². The van der Waals surface area contributed by atoms with Gasteiger partial charge in [0.15, 0.2) is 0 Å². The normalized spacial score (nSPS) is 13.3. The molecule has 0 aliphatic rings. The van der Waals surface area contributed by atoms with Crippen molar-refractivity contribution in [2.75, 3.05) is 0 Å². The lowest BCUT2D eigenvalue weighted by Gasteiger charge is -2.15. The Morgan fingerprint density at radius 2 is 1.64 bits per heavy atom. The zero-order valence-corrected chi connectivity index (χ0v) is 9.20. The van der Waals surface area contributed by atoms with Crippen LogP contribution in [0.4, 0.5) is 0 Å². The van der Waals surface area contributed by atoms with Gasteiger partial charge in [-0.05, 0) is 43.0 Å². The van der Waals surface area contributed by atoms with E-state index in [4.69, 9.17) is 0 Å². The van der Waals surface area contributed by atoms with Crippen molar-refractivity contribution < 1.29 is 10.2 Å². The molecule has 14 heavy (non-hydrogen) atoms. The molecule has 0 aromatic heterocycles. The van der Waals surface area contributed by atoms with E-state index in [9.17, 15) is 10.2 Å². The van der Waals surface area contributed by atoms with E-state index in [1.807, 2.05) is 13.0 Å². The van der Waals surface area contributed by atoms with Gasteiger partial charge in [0, 0.05) is 5.56 Å². The number of rotatable bonds is 2. The van der Waals surface area contributed by atoms with E-state index in [0.717, 1.165) is 5.56 Å². The number of aliphatic hydroxyl groups is 1. The zero-order valence-electron chi connectivity index (χ0n) is 9.20. The minimum atomic E-state index is -0.618. The molecule has 2 nitrogen and oxygen atoms in total. The second-order valence-corrected chi connectivity index (χ2v) is 4.10. The summed E-state index contributed by atoms with van der Waals surface area (Å²) in [6, 6.07) is 3.61. The maximum absolute atomic E-state index is 9.61. The van der Waals surface area contributed by atoms with E-state index in [2.05, 4.69) is 13.8 Å². The van der Waals surface area contributed by atoms with Crippen LogP contribution in [0.5, 0.6) is 5.75 Å². The Bertz CT molecular complexity index is 298. The fourth-order valence-electron chi connectivity index (χ4n) is 1.68. The Kier molecular flexibility index (Phi) is 3.17. The van der Waals surface area contributed by atoms with E-state index < -0.39 is 6.10 Å². The van der Waals surface area contributed by atoms with Crippen LogP contribution in [0.1, 0.15) is 49.5 Å². The van der Waals surface area contributed by atoms with Crippen molar-refractivity contribution in [3.63, 3.8) is 0 Å². The van der Waals surface area contributed by atoms with Gasteiger partial charge in [-0.2, -0.15) is 0 Å². The maximum atomic E-state index is 9.61. The number of hydrogen-bond donors (Lipinski definition) is 2. The number of phenolic OH excluding ortho intramolecular Hbond substituents is 1. The highest BCUT2D eigenvalue weighted by molar-refractivity contribution is 5.43. The molecule has 78 valence electrons. The van der Waals surface area contributed by atoms with Gasteiger partial charge in [-0.25, -0.2) is 0 Å². The minimum absolute atomic E-state index is 0.182. The molecule has 0 saturated heterocycles. The monoisotopic (exact) mass is 194 g/mol. The lowest BCUT2D eigenvalue weighted by molar-refractivity contribution is 0.195. The molecule has 0 aliphatic heterocycles. The number of aliphatic hydroxyl groups excluding tert-OH is 1. The summed E-state index contributed by atoms with van der Waals surface area (Å²) in [5.41, 5.74) is 2.86. The fourth-order valence-corrected chi connectivity index (χ4v) is 1.68. The number of aryl methyl sites for hydroxylation is 1. The first-order chi connectivity index (χ1) is 6.43. The number of hydrogen-bond acceptors (Lipinski definition) is 2. The summed E-state index contributed by atoms with van der Waals surface area (Å²) in [6.07, 6.45) is -0.618. The highest BCUT2D eigenvalue weighted by atomic mass is 16.3. The van der Waals surface area contributed by atoms with Crippen LogP contribution in [0.2, 0.25) is 0 Å². The average Bonchev–Trinajstić information content (AvgIpc) is 2.02. The molecule has 1 aromatic carbocycles. The highest BCUT2D eigenvalue weighted by Crippen LogP contribution is 2.30. The van der Waals surface area contributed by atoms with Crippen LogP contribution in [0, 0.1) is 6.92 Å². The number of aromatic hydroxyl groups is 1. The molecule has 0 fully saturated rings. The van der Waals surface area contributed by atoms with E-state index in [1.54, 1.807) is 13.0 Å². The van der Waals surface area contributed by atoms with Gasteiger partial charge in [0.25, 0.3) is 0 Å². The Hall–Kier alpha value is -1.02. The van der Waals surface area contributed by atoms with Crippen molar-refractivity contribution in [1.29, 1.82) is 0 Å². The van der Waals surface area contributed by atoms with Gasteiger partial charge < -0.3 is 10.2 Å². The third kappa shape index (κ3) is 2.07. The standard InChI is InChI=1S/C12H18O2/c1-7(2)10-6-11(9(4)13)12(14)5-8(10)3/h5-7,9,13-14H,1-4H3. The van der Waals surface area contributed by atoms with E-state index >= 15 is 0 Å². The third-order valence-electron chi connectivity index (χ3n) is 2.49. The van der Waals surface area contributed by atoms with Gasteiger partial charge in [0.05, 0.1) is 6.10 Å². The third-order valence-corrected chi connectivity index (χ3v) is 2.49. The van der Waals surface area contributed by atoms with Gasteiger partial charge in [-0.1, -0.05) is 13.8 Å². The molecule has 1 rings (SSSR count). The summed E-state index contributed by atoms with van der Waals surface area (Å²) in [6.45, 7) is 7.84. The minimum Gasteiger partial charge on any atom is -0.508 e. The van der Waals surface area contributed by atoms with Gasteiger partial charge in [0.2, 0.25) is 0 Å². The van der Waals surface area contributed by atoms with Gasteiger partial charge in [0.1, 0.15) is 5.75 Å². The molecule has 2 N–H and O–H groups in total. The molecule has 1 unspecified atom stereocenters. The maximum Gasteiger partial charge on any atom is 0.121 e. The SMILES string of the molecule is Cc1cc(O)c(C(C)O)cc1C(C)C. The summed E-state index contributed by atoms with van der Waals surface area (Å²) >= 11 is 0. The van der Waals surface area contributed by atoms with E-state index in [-0.39, 0.29) is 5.75 Å². The molecular formula is C12H18O2. The largest absolute Gasteiger partial charge is 0.508 e. The average molecular weight is 194 g/mol. The lowest BCUT2D eigenvalue weighted by Crippen LogP contribution is -1.98. The van der Waals surface area contributed by atoms with Crippen LogP contribution >= 0.6 is 0 Å². The second-order valence-electron chi connectivity index (χ2n) is 4.10. The van der Waals surface area contributed by atoms with Crippen LogP contribution < -0.4 is 0 Å². The van der Waals surface area contributed by atoms with Crippen LogP contribution in [0.15, 0.2) is 12.1 Å². The fraction of sp³-hybridized carbons (Fsp3) is 0.500. The summed E-state index contributed by atoms with van der Waals surface area (Å²) in [5.74, 6) is 0.593.